The lowest BCUT2D eigenvalue weighted by Gasteiger charge is -2.29. The lowest BCUT2D eigenvalue weighted by Crippen LogP contribution is -2.38. The fourth-order valence-corrected chi connectivity index (χ4v) is 5.63. The summed E-state index contributed by atoms with van der Waals surface area (Å²) >= 11 is 0. The summed E-state index contributed by atoms with van der Waals surface area (Å²) in [5, 5.41) is 9.44. The van der Waals surface area contributed by atoms with Gasteiger partial charge in [0, 0.05) is 5.92 Å². The fraction of sp³-hybridized carbons (Fsp3) is 0.536. The van der Waals surface area contributed by atoms with E-state index in [-0.39, 0.29) is 17.7 Å². The normalized spacial score (nSPS) is 23.5. The van der Waals surface area contributed by atoms with Crippen LogP contribution in [0.25, 0.3) is 0 Å². The van der Waals surface area contributed by atoms with Crippen molar-refractivity contribution in [3.05, 3.63) is 65.0 Å². The summed E-state index contributed by atoms with van der Waals surface area (Å²) in [4.78, 5) is 11.6. The summed E-state index contributed by atoms with van der Waals surface area (Å²) in [6.45, 7) is 1.20. The van der Waals surface area contributed by atoms with Crippen molar-refractivity contribution in [1.29, 1.82) is 0 Å². The Balaban J connectivity index is 1.36. The molecule has 0 spiro atoms. The van der Waals surface area contributed by atoms with Crippen LogP contribution in [-0.2, 0) is 11.2 Å². The van der Waals surface area contributed by atoms with Gasteiger partial charge in [-0.3, -0.25) is 0 Å². The van der Waals surface area contributed by atoms with Crippen molar-refractivity contribution in [3.63, 3.8) is 0 Å². The van der Waals surface area contributed by atoms with Crippen molar-refractivity contribution in [1.82, 2.24) is 0 Å². The molecular weight excluding hydrogens is 422 g/mol. The Kier molecular flexibility index (Phi) is 7.06. The molecule has 0 radical (unpaired) electrons. The van der Waals surface area contributed by atoms with Gasteiger partial charge in [-0.05, 0) is 111 Å². The molecule has 0 heterocycles. The molecule has 2 saturated carbocycles. The first-order valence-electron chi connectivity index (χ1n) is 12.1. The molecule has 2 aromatic rings. The predicted molar refractivity (Wildman–Crippen MR) is 125 cm³/mol. The van der Waals surface area contributed by atoms with E-state index in [0.717, 1.165) is 68.1 Å². The quantitative estimate of drug-likeness (QED) is 0.440. The maximum absolute atomic E-state index is 15.1. The Morgan fingerprint density at radius 2 is 1.85 bits per heavy atom. The number of aliphatic carboxylic acids is 1. The molecule has 2 aromatic carbocycles. The second kappa shape index (κ2) is 9.82. The largest absolute Gasteiger partial charge is 0.497 e. The second-order valence-corrected chi connectivity index (χ2v) is 10.1. The molecule has 0 aromatic heterocycles. The van der Waals surface area contributed by atoms with Gasteiger partial charge in [0.2, 0.25) is 5.67 Å². The number of benzene rings is 2. The van der Waals surface area contributed by atoms with Crippen LogP contribution in [0.3, 0.4) is 0 Å². The number of methoxy groups -OCH3 is 1. The van der Waals surface area contributed by atoms with E-state index in [4.69, 9.17) is 4.74 Å². The highest BCUT2D eigenvalue weighted by Crippen LogP contribution is 2.50. The number of aryl methyl sites for hydroxylation is 1. The summed E-state index contributed by atoms with van der Waals surface area (Å²) in [7, 11) is 1.60. The summed E-state index contributed by atoms with van der Waals surface area (Å²) in [5.41, 5.74) is 0.451. The van der Waals surface area contributed by atoms with E-state index in [1.807, 2.05) is 24.3 Å². The Morgan fingerprint density at radius 3 is 2.48 bits per heavy atom. The van der Waals surface area contributed by atoms with E-state index in [1.165, 1.54) is 13.0 Å². The SMILES string of the molecule is COc1ccc(F)c([C@H]2CC[C@H](CCc3cccc(C(C4CC4)C(C)(F)C(=O)O)c3)CC2)c1. The maximum atomic E-state index is 15.1. The topological polar surface area (TPSA) is 46.5 Å². The van der Waals surface area contributed by atoms with Gasteiger partial charge in [-0.2, -0.15) is 0 Å². The third-order valence-electron chi connectivity index (χ3n) is 7.74. The van der Waals surface area contributed by atoms with Crippen LogP contribution >= 0.6 is 0 Å². The smallest absolute Gasteiger partial charge is 0.341 e. The van der Waals surface area contributed by atoms with E-state index in [1.54, 1.807) is 13.2 Å². The Morgan fingerprint density at radius 1 is 1.12 bits per heavy atom. The first-order valence-corrected chi connectivity index (χ1v) is 12.1. The van der Waals surface area contributed by atoms with Gasteiger partial charge in [-0.15, -0.1) is 0 Å². The number of rotatable bonds is 9. The molecule has 0 saturated heterocycles. The number of carboxylic acids is 1. The van der Waals surface area contributed by atoms with Crippen LogP contribution in [0.1, 0.15) is 80.4 Å². The fourth-order valence-electron chi connectivity index (χ4n) is 5.63. The van der Waals surface area contributed by atoms with E-state index >= 15 is 4.39 Å². The van der Waals surface area contributed by atoms with E-state index in [0.29, 0.717) is 11.7 Å². The maximum Gasteiger partial charge on any atom is 0.341 e. The summed E-state index contributed by atoms with van der Waals surface area (Å²) < 4.78 is 34.7. The zero-order valence-electron chi connectivity index (χ0n) is 19.5. The summed E-state index contributed by atoms with van der Waals surface area (Å²) in [6.07, 6.45) is 7.77. The number of hydrogen-bond donors (Lipinski definition) is 1. The average Bonchev–Trinajstić information content (AvgIpc) is 3.63. The van der Waals surface area contributed by atoms with Crippen molar-refractivity contribution >= 4 is 5.97 Å². The molecule has 2 atom stereocenters. The molecule has 0 amide bonds. The van der Waals surface area contributed by atoms with Crippen molar-refractivity contribution < 1.29 is 23.4 Å². The number of carboxylic acid groups (broad SMARTS) is 1. The molecular formula is C28H34F2O3. The van der Waals surface area contributed by atoms with Crippen molar-refractivity contribution in [3.8, 4) is 5.75 Å². The van der Waals surface area contributed by atoms with Gasteiger partial charge < -0.3 is 9.84 Å². The molecule has 2 fully saturated rings. The minimum Gasteiger partial charge on any atom is -0.497 e. The number of hydrogen-bond acceptors (Lipinski definition) is 2. The summed E-state index contributed by atoms with van der Waals surface area (Å²) in [5.74, 6) is -0.496. The van der Waals surface area contributed by atoms with Crippen LogP contribution in [-0.4, -0.2) is 23.9 Å². The highest BCUT2D eigenvalue weighted by molar-refractivity contribution is 5.78. The molecule has 2 aliphatic carbocycles. The van der Waals surface area contributed by atoms with Crippen LogP contribution in [0.15, 0.2) is 42.5 Å². The molecule has 0 bridgehead atoms. The van der Waals surface area contributed by atoms with Gasteiger partial charge in [-0.25, -0.2) is 13.6 Å². The van der Waals surface area contributed by atoms with Crippen molar-refractivity contribution in [2.75, 3.05) is 7.11 Å². The number of halogens is 2. The third kappa shape index (κ3) is 5.39. The number of carbonyl (C=O) groups is 1. The molecule has 5 heteroatoms. The highest BCUT2D eigenvalue weighted by Gasteiger charge is 2.50. The third-order valence-corrected chi connectivity index (χ3v) is 7.74. The zero-order valence-corrected chi connectivity index (χ0v) is 19.5. The molecule has 4 rings (SSSR count). The van der Waals surface area contributed by atoms with Gasteiger partial charge in [0.25, 0.3) is 0 Å². The standard InChI is InChI=1S/C28H34F2O3/c1-28(30,27(31)32)26(21-12-13-21)22-5-3-4-19(16-22)7-6-18-8-10-20(11-9-18)24-17-23(33-2)14-15-25(24)29/h3-5,14-18,20-21,26H,6-13H2,1-2H3,(H,31,32)/t18-,20-,26?,28?. The van der Waals surface area contributed by atoms with Crippen LogP contribution in [0.5, 0.6) is 5.75 Å². The highest BCUT2D eigenvalue weighted by atomic mass is 19.1. The molecule has 33 heavy (non-hydrogen) atoms. The van der Waals surface area contributed by atoms with E-state index < -0.39 is 17.6 Å². The van der Waals surface area contributed by atoms with Gasteiger partial charge in [-0.1, -0.05) is 24.3 Å². The van der Waals surface area contributed by atoms with Gasteiger partial charge in [0.1, 0.15) is 11.6 Å². The lowest BCUT2D eigenvalue weighted by molar-refractivity contribution is -0.151. The Bertz CT molecular complexity index is 975. The van der Waals surface area contributed by atoms with Crippen LogP contribution < -0.4 is 4.74 Å². The van der Waals surface area contributed by atoms with E-state index in [9.17, 15) is 14.3 Å². The Hall–Kier alpha value is -2.43. The number of alkyl halides is 1. The minimum atomic E-state index is -2.26. The van der Waals surface area contributed by atoms with Crippen LogP contribution in [0.4, 0.5) is 8.78 Å². The van der Waals surface area contributed by atoms with Crippen LogP contribution in [0, 0.1) is 17.7 Å². The predicted octanol–water partition coefficient (Wildman–Crippen LogP) is 7.05. The molecule has 1 N–H and O–H groups in total. The minimum absolute atomic E-state index is 0.110. The van der Waals surface area contributed by atoms with Gasteiger partial charge in [0.15, 0.2) is 0 Å². The molecule has 2 aliphatic rings. The number of ether oxygens (including phenoxy) is 1. The molecule has 0 aliphatic heterocycles. The monoisotopic (exact) mass is 456 g/mol. The summed E-state index contributed by atoms with van der Waals surface area (Å²) in [6, 6.07) is 12.9. The van der Waals surface area contributed by atoms with E-state index in [2.05, 4.69) is 6.07 Å². The first kappa shape index (κ1) is 23.7. The first-order chi connectivity index (χ1) is 15.8. The van der Waals surface area contributed by atoms with Crippen LogP contribution in [0.2, 0.25) is 0 Å². The second-order valence-electron chi connectivity index (χ2n) is 10.1. The average molecular weight is 457 g/mol. The zero-order chi connectivity index (χ0) is 23.6. The van der Waals surface area contributed by atoms with Gasteiger partial charge >= 0.3 is 5.97 Å². The van der Waals surface area contributed by atoms with Crippen molar-refractivity contribution in [2.24, 2.45) is 11.8 Å². The molecule has 2 unspecified atom stereocenters. The van der Waals surface area contributed by atoms with Crippen molar-refractivity contribution in [2.45, 2.75) is 75.8 Å². The molecule has 3 nitrogen and oxygen atoms in total. The van der Waals surface area contributed by atoms with Gasteiger partial charge in [0.05, 0.1) is 7.11 Å². The molecule has 178 valence electrons. The lowest BCUT2D eigenvalue weighted by atomic mass is 9.76. The Labute approximate surface area is 195 Å².